The molecule has 2 heterocycles. The molecule has 138 valence electrons. The molecule has 1 amide bonds. The van der Waals surface area contributed by atoms with Crippen LogP contribution in [0.15, 0.2) is 53.1 Å². The summed E-state index contributed by atoms with van der Waals surface area (Å²) in [4.78, 5) is 18.6. The number of rotatable bonds is 5. The van der Waals surface area contributed by atoms with Crippen LogP contribution in [0.3, 0.4) is 0 Å². The monoisotopic (exact) mass is 383 g/mol. The van der Waals surface area contributed by atoms with Gasteiger partial charge in [-0.05, 0) is 31.2 Å². The van der Waals surface area contributed by atoms with E-state index in [9.17, 15) is 4.79 Å². The van der Waals surface area contributed by atoms with Gasteiger partial charge in [-0.1, -0.05) is 41.0 Å². The van der Waals surface area contributed by atoms with Crippen molar-refractivity contribution in [2.45, 2.75) is 19.3 Å². The van der Waals surface area contributed by atoms with Crippen molar-refractivity contribution in [3.63, 3.8) is 0 Å². The zero-order valence-corrected chi connectivity index (χ0v) is 15.5. The molecule has 0 bridgehead atoms. The minimum absolute atomic E-state index is 0.00815. The van der Waals surface area contributed by atoms with Crippen LogP contribution in [0.5, 0.6) is 5.75 Å². The van der Waals surface area contributed by atoms with Crippen LogP contribution in [0.4, 0.5) is 5.69 Å². The molecular formula is C20H18ClN3O3. The highest BCUT2D eigenvalue weighted by Gasteiger charge is 2.35. The van der Waals surface area contributed by atoms with Crippen molar-refractivity contribution in [3.8, 4) is 17.1 Å². The average molecular weight is 384 g/mol. The molecule has 3 aromatic rings. The van der Waals surface area contributed by atoms with E-state index < -0.39 is 0 Å². The smallest absolute Gasteiger partial charge is 0.232 e. The molecule has 4 rings (SSSR count). The molecule has 1 atom stereocenters. The maximum absolute atomic E-state index is 12.5. The lowest BCUT2D eigenvalue weighted by molar-refractivity contribution is -0.117. The zero-order valence-electron chi connectivity index (χ0n) is 14.8. The van der Waals surface area contributed by atoms with Crippen molar-refractivity contribution >= 4 is 23.2 Å². The van der Waals surface area contributed by atoms with Crippen molar-refractivity contribution in [2.24, 2.45) is 0 Å². The molecule has 0 saturated carbocycles. The van der Waals surface area contributed by atoms with E-state index in [0.717, 1.165) is 11.3 Å². The lowest BCUT2D eigenvalue weighted by Gasteiger charge is -2.17. The van der Waals surface area contributed by atoms with Gasteiger partial charge in [0.25, 0.3) is 0 Å². The predicted molar refractivity (Wildman–Crippen MR) is 102 cm³/mol. The number of hydrogen-bond acceptors (Lipinski definition) is 5. The third kappa shape index (κ3) is 3.53. The minimum Gasteiger partial charge on any atom is -0.494 e. The minimum atomic E-state index is -0.162. The summed E-state index contributed by atoms with van der Waals surface area (Å²) in [5.74, 6) is 1.52. The van der Waals surface area contributed by atoms with Gasteiger partial charge in [0, 0.05) is 18.5 Å². The Balaban J connectivity index is 1.55. The molecule has 2 aromatic carbocycles. The van der Waals surface area contributed by atoms with Gasteiger partial charge in [-0.25, -0.2) is 0 Å². The van der Waals surface area contributed by atoms with Crippen molar-refractivity contribution in [2.75, 3.05) is 18.1 Å². The van der Waals surface area contributed by atoms with Crippen LogP contribution < -0.4 is 9.64 Å². The fraction of sp³-hybridized carbons (Fsp3) is 0.250. The number of anilines is 1. The number of halogens is 1. The van der Waals surface area contributed by atoms with Crippen LogP contribution in [0.1, 0.15) is 25.2 Å². The van der Waals surface area contributed by atoms with Crippen LogP contribution in [0.25, 0.3) is 11.4 Å². The fourth-order valence-corrected chi connectivity index (χ4v) is 3.42. The standard InChI is InChI=1S/C20H18ClN3O3/c1-2-26-15-7-5-6-13(10-15)19-22-20(27-23-19)14-11-18(25)24(12-14)17-9-4-3-8-16(17)21/h3-10,14H,2,11-12H2,1H3. The summed E-state index contributed by atoms with van der Waals surface area (Å²) in [6.07, 6.45) is 0.311. The summed E-state index contributed by atoms with van der Waals surface area (Å²) < 4.78 is 11.0. The van der Waals surface area contributed by atoms with Crippen LogP contribution in [0, 0.1) is 0 Å². The summed E-state index contributed by atoms with van der Waals surface area (Å²) in [6, 6.07) is 14.8. The molecule has 1 aromatic heterocycles. The van der Waals surface area contributed by atoms with E-state index in [1.807, 2.05) is 49.4 Å². The second-order valence-corrected chi connectivity index (χ2v) is 6.68. The molecule has 27 heavy (non-hydrogen) atoms. The van der Waals surface area contributed by atoms with Gasteiger partial charge in [-0.15, -0.1) is 0 Å². The number of carbonyl (C=O) groups is 1. The van der Waals surface area contributed by atoms with Gasteiger partial charge in [0.05, 0.1) is 23.2 Å². The van der Waals surface area contributed by atoms with Gasteiger partial charge in [0.2, 0.25) is 17.6 Å². The normalized spacial score (nSPS) is 16.7. The zero-order chi connectivity index (χ0) is 18.8. The van der Waals surface area contributed by atoms with Gasteiger partial charge in [0.1, 0.15) is 5.75 Å². The van der Waals surface area contributed by atoms with Crippen LogP contribution >= 0.6 is 11.6 Å². The van der Waals surface area contributed by atoms with Crippen LogP contribution in [-0.4, -0.2) is 29.2 Å². The second kappa shape index (κ2) is 7.40. The lowest BCUT2D eigenvalue weighted by atomic mass is 10.1. The van der Waals surface area contributed by atoms with Gasteiger partial charge in [-0.2, -0.15) is 4.98 Å². The number of carbonyl (C=O) groups excluding carboxylic acids is 1. The van der Waals surface area contributed by atoms with E-state index in [4.69, 9.17) is 20.9 Å². The molecule has 1 fully saturated rings. The first-order valence-electron chi connectivity index (χ1n) is 8.77. The number of nitrogens with zero attached hydrogens (tertiary/aromatic N) is 3. The molecule has 1 aliphatic rings. The maximum Gasteiger partial charge on any atom is 0.232 e. The van der Waals surface area contributed by atoms with Crippen molar-refractivity contribution in [3.05, 3.63) is 59.4 Å². The molecule has 0 spiro atoms. The van der Waals surface area contributed by atoms with Gasteiger partial charge in [0.15, 0.2) is 0 Å². The number of para-hydroxylation sites is 1. The van der Waals surface area contributed by atoms with Crippen molar-refractivity contribution in [1.29, 1.82) is 0 Å². The molecule has 0 aliphatic carbocycles. The van der Waals surface area contributed by atoms with E-state index in [1.54, 1.807) is 11.0 Å². The molecule has 1 saturated heterocycles. The molecule has 6 nitrogen and oxygen atoms in total. The van der Waals surface area contributed by atoms with E-state index in [-0.39, 0.29) is 11.8 Å². The molecule has 7 heteroatoms. The molecule has 1 aliphatic heterocycles. The Morgan fingerprint density at radius 2 is 2.11 bits per heavy atom. The van der Waals surface area contributed by atoms with Crippen LogP contribution in [0.2, 0.25) is 5.02 Å². The Bertz CT molecular complexity index is 972. The topological polar surface area (TPSA) is 68.5 Å². The summed E-state index contributed by atoms with van der Waals surface area (Å²) in [7, 11) is 0. The van der Waals surface area contributed by atoms with Crippen molar-refractivity contribution in [1.82, 2.24) is 10.1 Å². The Hall–Kier alpha value is -2.86. The van der Waals surface area contributed by atoms with Gasteiger partial charge < -0.3 is 14.2 Å². The molecule has 0 radical (unpaired) electrons. The third-order valence-corrected chi connectivity index (χ3v) is 4.78. The Labute approximate surface area is 161 Å². The van der Waals surface area contributed by atoms with E-state index in [1.165, 1.54) is 0 Å². The SMILES string of the molecule is CCOc1cccc(-c2noc(C3CC(=O)N(c4ccccc4Cl)C3)n2)c1. The molecule has 0 N–H and O–H groups in total. The van der Waals surface area contributed by atoms with Crippen LogP contribution in [-0.2, 0) is 4.79 Å². The average Bonchev–Trinajstić information content (AvgIpc) is 3.30. The summed E-state index contributed by atoms with van der Waals surface area (Å²) >= 11 is 6.23. The number of hydrogen-bond donors (Lipinski definition) is 0. The second-order valence-electron chi connectivity index (χ2n) is 6.27. The molecular weight excluding hydrogens is 366 g/mol. The Kier molecular flexibility index (Phi) is 4.81. The largest absolute Gasteiger partial charge is 0.494 e. The highest BCUT2D eigenvalue weighted by atomic mass is 35.5. The fourth-order valence-electron chi connectivity index (χ4n) is 3.19. The number of ether oxygens (including phenoxy) is 1. The van der Waals surface area contributed by atoms with E-state index >= 15 is 0 Å². The molecule has 1 unspecified atom stereocenters. The van der Waals surface area contributed by atoms with Gasteiger partial charge in [-0.3, -0.25) is 4.79 Å². The third-order valence-electron chi connectivity index (χ3n) is 4.46. The van der Waals surface area contributed by atoms with E-state index in [2.05, 4.69) is 10.1 Å². The summed E-state index contributed by atoms with van der Waals surface area (Å²) in [5.41, 5.74) is 1.51. The Morgan fingerprint density at radius 3 is 2.93 bits per heavy atom. The maximum atomic E-state index is 12.5. The lowest BCUT2D eigenvalue weighted by Crippen LogP contribution is -2.24. The quantitative estimate of drug-likeness (QED) is 0.656. The number of aromatic nitrogens is 2. The predicted octanol–water partition coefficient (Wildman–Crippen LogP) is 4.31. The first kappa shape index (κ1) is 17.5. The van der Waals surface area contributed by atoms with E-state index in [0.29, 0.717) is 42.0 Å². The number of amides is 1. The summed E-state index contributed by atoms with van der Waals surface area (Å²) in [5, 5.41) is 4.62. The first-order valence-corrected chi connectivity index (χ1v) is 9.15. The highest BCUT2D eigenvalue weighted by Crippen LogP contribution is 2.35. The Morgan fingerprint density at radius 1 is 1.26 bits per heavy atom. The van der Waals surface area contributed by atoms with Gasteiger partial charge >= 0.3 is 0 Å². The number of benzene rings is 2. The van der Waals surface area contributed by atoms with Crippen molar-refractivity contribution < 1.29 is 14.1 Å². The first-order chi connectivity index (χ1) is 13.2. The highest BCUT2D eigenvalue weighted by molar-refractivity contribution is 6.33. The summed E-state index contributed by atoms with van der Waals surface area (Å²) in [6.45, 7) is 2.98.